The van der Waals surface area contributed by atoms with E-state index in [0.717, 1.165) is 18.8 Å². The molecule has 1 aliphatic rings. The van der Waals surface area contributed by atoms with Crippen LogP contribution in [0.15, 0.2) is 24.4 Å². The third-order valence-electron chi connectivity index (χ3n) is 4.55. The van der Waals surface area contributed by atoms with Crippen LogP contribution in [0.1, 0.15) is 13.8 Å². The van der Waals surface area contributed by atoms with Crippen molar-refractivity contribution in [1.29, 1.82) is 0 Å². The van der Waals surface area contributed by atoms with Crippen molar-refractivity contribution in [2.24, 2.45) is 0 Å². The summed E-state index contributed by atoms with van der Waals surface area (Å²) in [5.41, 5.74) is 2.36. The van der Waals surface area contributed by atoms with Crippen LogP contribution in [-0.4, -0.2) is 49.2 Å². The summed E-state index contributed by atoms with van der Waals surface area (Å²) in [7, 11) is 3.96. The van der Waals surface area contributed by atoms with Gasteiger partial charge in [-0.25, -0.2) is 0 Å². The maximum atomic E-state index is 5.60. The maximum Gasteiger partial charge on any atom is 0.142 e. The molecule has 1 saturated heterocycles. The smallest absolute Gasteiger partial charge is 0.142 e. The zero-order valence-corrected chi connectivity index (χ0v) is 12.7. The van der Waals surface area contributed by atoms with Crippen molar-refractivity contribution in [3.05, 3.63) is 24.4 Å². The first-order valence-electron chi connectivity index (χ1n) is 7.22. The Labute approximate surface area is 120 Å². The van der Waals surface area contributed by atoms with Gasteiger partial charge in [0.2, 0.25) is 0 Å². The van der Waals surface area contributed by atoms with Crippen LogP contribution in [0, 0.1) is 0 Å². The Hall–Kier alpha value is -1.68. The molecule has 1 fully saturated rings. The number of nitrogens with one attached hydrogen (secondary N) is 1. The zero-order chi connectivity index (χ0) is 14.3. The predicted octanol–water partition coefficient (Wildman–Crippen LogP) is 2.71. The summed E-state index contributed by atoms with van der Waals surface area (Å²) in [6.07, 6.45) is 1.98. The molecule has 0 spiro atoms. The number of likely N-dealkylation sites (N-methyl/N-ethyl adjacent to an activating group) is 1. The summed E-state index contributed by atoms with van der Waals surface area (Å²) >= 11 is 0. The first kappa shape index (κ1) is 13.3. The summed E-state index contributed by atoms with van der Waals surface area (Å²) in [5, 5.41) is 1.20. The van der Waals surface area contributed by atoms with E-state index < -0.39 is 0 Å². The first-order chi connectivity index (χ1) is 9.60. The molecule has 2 atom stereocenters. The number of benzene rings is 1. The summed E-state index contributed by atoms with van der Waals surface area (Å²) in [5.74, 6) is 0.959. The second-order valence-corrected chi connectivity index (χ2v) is 5.86. The standard InChI is InChI=1S/C16H23N3O/c1-11-9-19(10-12(2)18(11)3)15-8-14-13(5-6-17-14)7-16(15)20-4/h5-8,11-12,17H,9-10H2,1-4H3. The van der Waals surface area contributed by atoms with Gasteiger partial charge in [-0.1, -0.05) is 0 Å². The van der Waals surface area contributed by atoms with Crippen LogP contribution < -0.4 is 9.64 Å². The Morgan fingerprint density at radius 2 is 1.90 bits per heavy atom. The molecule has 1 aliphatic heterocycles. The highest BCUT2D eigenvalue weighted by atomic mass is 16.5. The second kappa shape index (κ2) is 5.02. The van der Waals surface area contributed by atoms with Gasteiger partial charge in [0.1, 0.15) is 5.75 Å². The van der Waals surface area contributed by atoms with Crippen LogP contribution >= 0.6 is 0 Å². The minimum Gasteiger partial charge on any atom is -0.495 e. The number of hydrogen-bond donors (Lipinski definition) is 1. The molecular weight excluding hydrogens is 250 g/mol. The molecule has 108 valence electrons. The number of fused-ring (bicyclic) bond motifs is 1. The second-order valence-electron chi connectivity index (χ2n) is 5.86. The number of H-pyrrole nitrogens is 1. The van der Waals surface area contributed by atoms with Gasteiger partial charge in [-0.15, -0.1) is 0 Å². The van der Waals surface area contributed by atoms with Gasteiger partial charge in [-0.05, 0) is 39.1 Å². The van der Waals surface area contributed by atoms with E-state index in [1.54, 1.807) is 7.11 Å². The number of piperazine rings is 1. The summed E-state index contributed by atoms with van der Waals surface area (Å²) in [6.45, 7) is 6.62. The van der Waals surface area contributed by atoms with Gasteiger partial charge in [0.25, 0.3) is 0 Å². The van der Waals surface area contributed by atoms with Gasteiger partial charge in [-0.2, -0.15) is 0 Å². The Balaban J connectivity index is 2.00. The zero-order valence-electron chi connectivity index (χ0n) is 12.7. The third kappa shape index (κ3) is 2.14. The predicted molar refractivity (Wildman–Crippen MR) is 83.8 cm³/mol. The summed E-state index contributed by atoms with van der Waals surface area (Å²) in [6, 6.07) is 7.50. The van der Waals surface area contributed by atoms with E-state index in [4.69, 9.17) is 4.74 Å². The summed E-state index contributed by atoms with van der Waals surface area (Å²) < 4.78 is 5.60. The van der Waals surface area contributed by atoms with Gasteiger partial charge in [0, 0.05) is 42.3 Å². The molecule has 1 aromatic carbocycles. The van der Waals surface area contributed by atoms with Crippen molar-refractivity contribution < 1.29 is 4.74 Å². The lowest BCUT2D eigenvalue weighted by atomic mass is 10.1. The van der Waals surface area contributed by atoms with E-state index in [1.807, 2.05) is 6.20 Å². The number of anilines is 1. The molecule has 2 aromatic rings. The van der Waals surface area contributed by atoms with E-state index in [9.17, 15) is 0 Å². The van der Waals surface area contributed by atoms with Crippen LogP contribution in [-0.2, 0) is 0 Å². The lowest BCUT2D eigenvalue weighted by Gasteiger charge is -2.43. The normalized spacial score (nSPS) is 24.3. The fourth-order valence-electron chi connectivity index (χ4n) is 3.08. The average molecular weight is 273 g/mol. The highest BCUT2D eigenvalue weighted by molar-refractivity contribution is 5.86. The van der Waals surface area contributed by atoms with E-state index in [1.165, 1.54) is 16.6 Å². The van der Waals surface area contributed by atoms with Gasteiger partial charge in [0.15, 0.2) is 0 Å². The molecule has 4 nitrogen and oxygen atoms in total. The molecular formula is C16H23N3O. The molecule has 1 aromatic heterocycles. The number of ether oxygens (including phenoxy) is 1. The van der Waals surface area contributed by atoms with Gasteiger partial charge in [-0.3, -0.25) is 4.90 Å². The number of nitrogens with zero attached hydrogens (tertiary/aromatic N) is 2. The van der Waals surface area contributed by atoms with Crippen LogP contribution in [0.5, 0.6) is 5.75 Å². The molecule has 0 amide bonds. The Bertz CT molecular complexity index is 595. The van der Waals surface area contributed by atoms with Crippen LogP contribution in [0.25, 0.3) is 10.9 Å². The molecule has 2 unspecified atom stereocenters. The minimum absolute atomic E-state index is 0.544. The monoisotopic (exact) mass is 273 g/mol. The number of rotatable bonds is 2. The van der Waals surface area contributed by atoms with Crippen LogP contribution in [0.4, 0.5) is 5.69 Å². The van der Waals surface area contributed by atoms with Crippen molar-refractivity contribution in [1.82, 2.24) is 9.88 Å². The molecule has 0 aliphatic carbocycles. The topological polar surface area (TPSA) is 31.5 Å². The lowest BCUT2D eigenvalue weighted by molar-refractivity contribution is 0.169. The van der Waals surface area contributed by atoms with Gasteiger partial charge in [0.05, 0.1) is 12.8 Å². The molecule has 0 bridgehead atoms. The van der Waals surface area contributed by atoms with Crippen molar-refractivity contribution in [3.8, 4) is 5.75 Å². The van der Waals surface area contributed by atoms with Crippen molar-refractivity contribution in [2.45, 2.75) is 25.9 Å². The fourth-order valence-corrected chi connectivity index (χ4v) is 3.08. The Morgan fingerprint density at radius 1 is 1.20 bits per heavy atom. The van der Waals surface area contributed by atoms with E-state index >= 15 is 0 Å². The number of hydrogen-bond acceptors (Lipinski definition) is 3. The highest BCUT2D eigenvalue weighted by Gasteiger charge is 2.28. The van der Waals surface area contributed by atoms with Crippen molar-refractivity contribution in [3.63, 3.8) is 0 Å². The fraction of sp³-hybridized carbons (Fsp3) is 0.500. The highest BCUT2D eigenvalue weighted by Crippen LogP contribution is 2.34. The quantitative estimate of drug-likeness (QED) is 0.913. The molecule has 0 saturated carbocycles. The SMILES string of the molecule is COc1cc2cc[nH]c2cc1N1CC(C)N(C)C(C)C1. The van der Waals surface area contributed by atoms with E-state index in [0.29, 0.717) is 12.1 Å². The lowest BCUT2D eigenvalue weighted by Crippen LogP contribution is -2.55. The molecule has 20 heavy (non-hydrogen) atoms. The molecule has 0 radical (unpaired) electrons. The van der Waals surface area contributed by atoms with Crippen LogP contribution in [0.2, 0.25) is 0 Å². The van der Waals surface area contributed by atoms with Crippen LogP contribution in [0.3, 0.4) is 0 Å². The largest absolute Gasteiger partial charge is 0.495 e. The molecule has 4 heteroatoms. The molecule has 2 heterocycles. The molecule has 1 N–H and O–H groups in total. The van der Waals surface area contributed by atoms with E-state index in [2.05, 4.69) is 53.9 Å². The average Bonchev–Trinajstić information content (AvgIpc) is 2.89. The van der Waals surface area contributed by atoms with Crippen molar-refractivity contribution in [2.75, 3.05) is 32.1 Å². The number of aromatic nitrogens is 1. The maximum absolute atomic E-state index is 5.60. The third-order valence-corrected chi connectivity index (χ3v) is 4.55. The molecule has 3 rings (SSSR count). The summed E-state index contributed by atoms with van der Waals surface area (Å²) in [4.78, 5) is 8.17. The van der Waals surface area contributed by atoms with Gasteiger partial charge < -0.3 is 14.6 Å². The number of aromatic amines is 1. The Kier molecular flexibility index (Phi) is 3.34. The van der Waals surface area contributed by atoms with E-state index in [-0.39, 0.29) is 0 Å². The minimum atomic E-state index is 0.544. The van der Waals surface area contributed by atoms with Crippen molar-refractivity contribution >= 4 is 16.6 Å². The Morgan fingerprint density at radius 3 is 2.55 bits per heavy atom. The first-order valence-corrected chi connectivity index (χ1v) is 7.22. The number of methoxy groups -OCH3 is 1. The van der Waals surface area contributed by atoms with Gasteiger partial charge >= 0.3 is 0 Å².